The molecule has 1 saturated heterocycles. The smallest absolute Gasteiger partial charge is 0.376 e. The molecule has 22 heavy (non-hydrogen) atoms. The maximum Gasteiger partial charge on any atom is 0.416 e. The van der Waals surface area contributed by atoms with Crippen molar-refractivity contribution < 1.29 is 17.9 Å². The van der Waals surface area contributed by atoms with Crippen LogP contribution < -0.4 is 5.73 Å². The molecule has 2 N–H and O–H groups in total. The van der Waals surface area contributed by atoms with Crippen LogP contribution in [0, 0.1) is 0 Å². The summed E-state index contributed by atoms with van der Waals surface area (Å²) < 4.78 is 46.0. The van der Waals surface area contributed by atoms with Gasteiger partial charge in [-0.2, -0.15) is 13.2 Å². The van der Waals surface area contributed by atoms with Crippen LogP contribution in [0.4, 0.5) is 13.2 Å². The zero-order valence-corrected chi connectivity index (χ0v) is 12.2. The van der Waals surface area contributed by atoms with E-state index in [1.807, 2.05) is 4.57 Å². The molecule has 2 aromatic rings. The van der Waals surface area contributed by atoms with Gasteiger partial charge < -0.3 is 15.0 Å². The molecule has 120 valence electrons. The average Bonchev–Trinajstić information content (AvgIpc) is 3.06. The topological polar surface area (TPSA) is 53.1 Å². The Morgan fingerprint density at radius 1 is 1.45 bits per heavy atom. The van der Waals surface area contributed by atoms with Crippen LogP contribution in [0.1, 0.15) is 37.2 Å². The van der Waals surface area contributed by atoms with Crippen LogP contribution in [-0.4, -0.2) is 22.3 Å². The first kappa shape index (κ1) is 15.3. The number of aromatic nitrogens is 2. The molecule has 2 atom stereocenters. The van der Waals surface area contributed by atoms with E-state index in [9.17, 15) is 13.2 Å². The van der Waals surface area contributed by atoms with Crippen LogP contribution in [-0.2, 0) is 17.5 Å². The second-order valence-electron chi connectivity index (χ2n) is 5.71. The van der Waals surface area contributed by atoms with Gasteiger partial charge in [-0.15, -0.1) is 0 Å². The zero-order chi connectivity index (χ0) is 15.9. The molecule has 1 aromatic carbocycles. The Labute approximate surface area is 126 Å². The molecule has 0 bridgehead atoms. The fraction of sp³-hybridized carbons (Fsp3) is 0.533. The van der Waals surface area contributed by atoms with Crippen molar-refractivity contribution in [1.29, 1.82) is 0 Å². The molecule has 7 heteroatoms. The Balaban J connectivity index is 2.05. The predicted octanol–water partition coefficient (Wildman–Crippen LogP) is 3.25. The third-order valence-corrected chi connectivity index (χ3v) is 3.92. The molecular weight excluding hydrogens is 295 g/mol. The Morgan fingerprint density at radius 2 is 2.23 bits per heavy atom. The van der Waals surface area contributed by atoms with Crippen molar-refractivity contribution >= 4 is 11.0 Å². The number of fused-ring (bicyclic) bond motifs is 1. The summed E-state index contributed by atoms with van der Waals surface area (Å²) in [5.74, 6) is 0.588. The third-order valence-electron chi connectivity index (χ3n) is 3.92. The molecular formula is C15H18F3N3O. The molecule has 3 rings (SSSR count). The van der Waals surface area contributed by atoms with Crippen LogP contribution in [0.3, 0.4) is 0 Å². The molecule has 0 aliphatic carbocycles. The molecule has 1 fully saturated rings. The number of rotatable bonds is 3. The van der Waals surface area contributed by atoms with Gasteiger partial charge in [-0.3, -0.25) is 0 Å². The fourth-order valence-corrected chi connectivity index (χ4v) is 2.86. The van der Waals surface area contributed by atoms with Gasteiger partial charge in [0.15, 0.2) is 0 Å². The number of nitrogens with zero attached hydrogens (tertiary/aromatic N) is 2. The Hall–Kier alpha value is -1.60. The molecule has 0 amide bonds. The minimum absolute atomic E-state index is 0.0668. The van der Waals surface area contributed by atoms with E-state index in [1.54, 1.807) is 6.92 Å². The molecule has 0 saturated carbocycles. The maximum atomic E-state index is 12.8. The van der Waals surface area contributed by atoms with Crippen molar-refractivity contribution in [2.75, 3.05) is 6.61 Å². The molecule has 2 heterocycles. The summed E-state index contributed by atoms with van der Waals surface area (Å²) in [4.78, 5) is 4.31. The van der Waals surface area contributed by atoms with E-state index in [2.05, 4.69) is 4.98 Å². The summed E-state index contributed by atoms with van der Waals surface area (Å²) in [6, 6.07) is 3.27. The van der Waals surface area contributed by atoms with E-state index in [-0.39, 0.29) is 12.1 Å². The summed E-state index contributed by atoms with van der Waals surface area (Å²) in [5.41, 5.74) is 6.22. The van der Waals surface area contributed by atoms with Crippen molar-refractivity contribution in [1.82, 2.24) is 9.55 Å². The highest BCUT2D eigenvalue weighted by Crippen LogP contribution is 2.32. The highest BCUT2D eigenvalue weighted by Gasteiger charge is 2.31. The molecule has 1 aliphatic rings. The van der Waals surface area contributed by atoms with E-state index < -0.39 is 11.7 Å². The van der Waals surface area contributed by atoms with Crippen molar-refractivity contribution in [3.8, 4) is 0 Å². The van der Waals surface area contributed by atoms with E-state index >= 15 is 0 Å². The number of hydrogen-bond acceptors (Lipinski definition) is 3. The zero-order valence-electron chi connectivity index (χ0n) is 12.2. The van der Waals surface area contributed by atoms with Gasteiger partial charge >= 0.3 is 6.18 Å². The van der Waals surface area contributed by atoms with Crippen molar-refractivity contribution in [3.63, 3.8) is 0 Å². The van der Waals surface area contributed by atoms with Crippen LogP contribution in [0.15, 0.2) is 18.2 Å². The van der Waals surface area contributed by atoms with Gasteiger partial charge in [0.1, 0.15) is 5.82 Å². The van der Waals surface area contributed by atoms with Gasteiger partial charge in [0.2, 0.25) is 0 Å². The standard InChI is InChI=1S/C15H18F3N3O/c1-9(19)14-20-12-7-10(15(16,17)18)4-5-13(12)21(14)8-11-3-2-6-22-11/h4-5,7,9,11H,2-3,6,8,19H2,1H3. The molecule has 4 nitrogen and oxygen atoms in total. The van der Waals surface area contributed by atoms with Gasteiger partial charge in [-0.25, -0.2) is 4.98 Å². The van der Waals surface area contributed by atoms with Crippen LogP contribution in [0.25, 0.3) is 11.0 Å². The third kappa shape index (κ3) is 2.83. The number of ether oxygens (including phenoxy) is 1. The summed E-state index contributed by atoms with van der Waals surface area (Å²) in [6.45, 7) is 3.07. The van der Waals surface area contributed by atoms with Crippen molar-refractivity contribution in [2.45, 2.75) is 44.6 Å². The molecule has 1 aromatic heterocycles. The van der Waals surface area contributed by atoms with Crippen LogP contribution >= 0.6 is 0 Å². The number of benzene rings is 1. The Kier molecular flexibility index (Phi) is 3.86. The summed E-state index contributed by atoms with van der Waals surface area (Å²) in [6.07, 6.45) is -2.36. The molecule has 2 unspecified atom stereocenters. The molecule has 0 spiro atoms. The lowest BCUT2D eigenvalue weighted by molar-refractivity contribution is -0.137. The first-order valence-corrected chi connectivity index (χ1v) is 7.31. The van der Waals surface area contributed by atoms with Gasteiger partial charge in [0.05, 0.1) is 35.3 Å². The van der Waals surface area contributed by atoms with Gasteiger partial charge in [-0.1, -0.05) is 0 Å². The highest BCUT2D eigenvalue weighted by molar-refractivity contribution is 5.77. The monoisotopic (exact) mass is 313 g/mol. The average molecular weight is 313 g/mol. The fourth-order valence-electron chi connectivity index (χ4n) is 2.86. The second-order valence-corrected chi connectivity index (χ2v) is 5.71. The highest BCUT2D eigenvalue weighted by atomic mass is 19.4. The van der Waals surface area contributed by atoms with Gasteiger partial charge in [-0.05, 0) is 38.0 Å². The van der Waals surface area contributed by atoms with E-state index in [4.69, 9.17) is 10.5 Å². The molecule has 0 radical (unpaired) electrons. The van der Waals surface area contributed by atoms with Crippen LogP contribution in [0.2, 0.25) is 0 Å². The number of alkyl halides is 3. The van der Waals surface area contributed by atoms with Gasteiger partial charge in [0.25, 0.3) is 0 Å². The number of halogens is 3. The summed E-state index contributed by atoms with van der Waals surface area (Å²) in [7, 11) is 0. The van der Waals surface area contributed by atoms with E-state index in [1.165, 1.54) is 6.07 Å². The number of nitrogens with two attached hydrogens (primary N) is 1. The van der Waals surface area contributed by atoms with Crippen molar-refractivity contribution in [2.24, 2.45) is 5.73 Å². The first-order chi connectivity index (χ1) is 10.4. The Bertz CT molecular complexity index is 672. The second kappa shape index (κ2) is 5.55. The molecule has 1 aliphatic heterocycles. The number of hydrogen-bond donors (Lipinski definition) is 1. The lowest BCUT2D eigenvalue weighted by Crippen LogP contribution is -2.20. The number of imidazole rings is 1. The largest absolute Gasteiger partial charge is 0.416 e. The van der Waals surface area contributed by atoms with Crippen molar-refractivity contribution in [3.05, 3.63) is 29.6 Å². The maximum absolute atomic E-state index is 12.8. The Morgan fingerprint density at radius 3 is 2.82 bits per heavy atom. The SMILES string of the molecule is CC(N)c1nc2cc(C(F)(F)F)ccc2n1CC1CCCO1. The lowest BCUT2D eigenvalue weighted by atomic mass is 10.2. The minimum atomic E-state index is -4.37. The van der Waals surface area contributed by atoms with E-state index in [0.29, 0.717) is 23.4 Å². The summed E-state index contributed by atoms with van der Waals surface area (Å²) in [5, 5.41) is 0. The lowest BCUT2D eigenvalue weighted by Gasteiger charge is -2.15. The predicted molar refractivity (Wildman–Crippen MR) is 76.3 cm³/mol. The first-order valence-electron chi connectivity index (χ1n) is 7.31. The quantitative estimate of drug-likeness (QED) is 0.946. The normalized spacial score (nSPS) is 20.7. The van der Waals surface area contributed by atoms with E-state index in [0.717, 1.165) is 31.6 Å². The minimum Gasteiger partial charge on any atom is -0.376 e. The van der Waals surface area contributed by atoms with Gasteiger partial charge in [0, 0.05) is 6.61 Å². The van der Waals surface area contributed by atoms with Crippen LogP contribution in [0.5, 0.6) is 0 Å². The summed E-state index contributed by atoms with van der Waals surface area (Å²) >= 11 is 0.